The van der Waals surface area contributed by atoms with Crippen LogP contribution in [-0.4, -0.2) is 31.0 Å². The van der Waals surface area contributed by atoms with Crippen LogP contribution >= 0.6 is 0 Å². The molecule has 0 N–H and O–H groups in total. The lowest BCUT2D eigenvalue weighted by atomic mass is 9.98. The van der Waals surface area contributed by atoms with Gasteiger partial charge in [-0.05, 0) is 86.4 Å². The number of ether oxygens (including phenoxy) is 1. The van der Waals surface area contributed by atoms with Gasteiger partial charge in [0.15, 0.2) is 0 Å². The molecule has 5 heteroatoms. The van der Waals surface area contributed by atoms with Crippen LogP contribution in [0.3, 0.4) is 0 Å². The third-order valence-electron chi connectivity index (χ3n) is 6.17. The molecule has 1 fully saturated rings. The fourth-order valence-electron chi connectivity index (χ4n) is 4.26. The lowest BCUT2D eigenvalue weighted by molar-refractivity contribution is -0.127. The van der Waals surface area contributed by atoms with E-state index in [1.54, 1.807) is 9.80 Å². The number of piperazine rings is 1. The second kappa shape index (κ2) is 9.96. The summed E-state index contributed by atoms with van der Waals surface area (Å²) in [6.45, 7) is 8.44. The van der Waals surface area contributed by atoms with E-state index in [4.69, 9.17) is 4.74 Å². The molecular formula is C29H30N2O3. The molecule has 2 amide bonds. The van der Waals surface area contributed by atoms with Gasteiger partial charge in [-0.15, -0.1) is 0 Å². The molecule has 0 spiro atoms. The number of hydrogen-bond donors (Lipinski definition) is 0. The maximum atomic E-state index is 13.9. The van der Waals surface area contributed by atoms with E-state index >= 15 is 0 Å². The van der Waals surface area contributed by atoms with Crippen LogP contribution in [0.4, 0.5) is 11.4 Å². The Hall–Kier alpha value is -3.86. The van der Waals surface area contributed by atoms with Crippen molar-refractivity contribution in [3.63, 3.8) is 0 Å². The molecule has 0 aliphatic carbocycles. The molecular weight excluding hydrogens is 424 g/mol. The van der Waals surface area contributed by atoms with Gasteiger partial charge in [0, 0.05) is 11.4 Å². The Bertz CT molecular complexity index is 1220. The highest BCUT2D eigenvalue weighted by Crippen LogP contribution is 2.31. The van der Waals surface area contributed by atoms with E-state index in [1.165, 1.54) is 0 Å². The molecule has 0 saturated carbocycles. The van der Waals surface area contributed by atoms with Crippen molar-refractivity contribution < 1.29 is 14.3 Å². The molecule has 174 valence electrons. The van der Waals surface area contributed by atoms with Crippen LogP contribution in [0.2, 0.25) is 0 Å². The second-order valence-electron chi connectivity index (χ2n) is 8.59. The first-order valence-corrected chi connectivity index (χ1v) is 11.6. The standard InChI is InChI=1S/C29H30N2O3/c1-5-34-26-15-13-24(14-16-26)31-27(32)19-30(25-12-11-20(2)21(3)18-25)29(33)28(31)22(4)17-23-9-7-6-8-10-23/h6-18,28H,5,19H2,1-4H3/b22-17+/t28-/m0/s1. The molecule has 3 aromatic carbocycles. The minimum Gasteiger partial charge on any atom is -0.494 e. The largest absolute Gasteiger partial charge is 0.494 e. The summed E-state index contributed by atoms with van der Waals surface area (Å²) in [6.07, 6.45) is 1.97. The zero-order valence-electron chi connectivity index (χ0n) is 20.1. The average molecular weight is 455 g/mol. The van der Waals surface area contributed by atoms with Crippen molar-refractivity contribution in [1.82, 2.24) is 0 Å². The van der Waals surface area contributed by atoms with Crippen molar-refractivity contribution in [3.05, 3.63) is 95.1 Å². The molecule has 1 atom stereocenters. The van der Waals surface area contributed by atoms with Crippen LogP contribution in [0.1, 0.15) is 30.5 Å². The van der Waals surface area contributed by atoms with Crippen molar-refractivity contribution in [2.45, 2.75) is 33.7 Å². The number of anilines is 2. The number of nitrogens with zero attached hydrogens (tertiary/aromatic N) is 2. The molecule has 1 saturated heterocycles. The Labute approximate surface area is 201 Å². The number of carbonyl (C=O) groups excluding carboxylic acids is 2. The molecule has 1 aliphatic rings. The number of benzene rings is 3. The van der Waals surface area contributed by atoms with Gasteiger partial charge in [0.25, 0.3) is 5.91 Å². The van der Waals surface area contributed by atoms with Crippen LogP contribution in [0.25, 0.3) is 6.08 Å². The predicted octanol–water partition coefficient (Wildman–Crippen LogP) is 5.55. The number of amides is 2. The normalized spacial score (nSPS) is 16.7. The number of hydrogen-bond acceptors (Lipinski definition) is 3. The maximum absolute atomic E-state index is 13.9. The summed E-state index contributed by atoms with van der Waals surface area (Å²) in [7, 11) is 0. The average Bonchev–Trinajstić information content (AvgIpc) is 2.83. The molecule has 0 radical (unpaired) electrons. The third kappa shape index (κ3) is 4.74. The van der Waals surface area contributed by atoms with Crippen LogP contribution in [-0.2, 0) is 9.59 Å². The van der Waals surface area contributed by atoms with E-state index in [0.29, 0.717) is 12.3 Å². The van der Waals surface area contributed by atoms with E-state index in [9.17, 15) is 9.59 Å². The van der Waals surface area contributed by atoms with E-state index in [0.717, 1.165) is 33.7 Å². The number of carbonyl (C=O) groups is 2. The maximum Gasteiger partial charge on any atom is 0.254 e. The van der Waals surface area contributed by atoms with Crippen LogP contribution in [0.5, 0.6) is 5.75 Å². The summed E-state index contributed by atoms with van der Waals surface area (Å²) in [5.74, 6) is 0.473. The molecule has 5 nitrogen and oxygen atoms in total. The third-order valence-corrected chi connectivity index (χ3v) is 6.17. The van der Waals surface area contributed by atoms with Crippen LogP contribution in [0.15, 0.2) is 78.4 Å². The molecule has 4 rings (SSSR count). The quantitative estimate of drug-likeness (QED) is 0.490. The molecule has 34 heavy (non-hydrogen) atoms. The first kappa shape index (κ1) is 23.3. The molecule has 3 aromatic rings. The molecule has 1 aliphatic heterocycles. The van der Waals surface area contributed by atoms with Gasteiger partial charge in [-0.25, -0.2) is 0 Å². The Morgan fingerprint density at radius 2 is 1.62 bits per heavy atom. The molecule has 0 aromatic heterocycles. The van der Waals surface area contributed by atoms with E-state index < -0.39 is 6.04 Å². The van der Waals surface area contributed by atoms with Crippen molar-refractivity contribution in [2.75, 3.05) is 23.0 Å². The van der Waals surface area contributed by atoms with E-state index in [1.807, 2.05) is 107 Å². The second-order valence-corrected chi connectivity index (χ2v) is 8.59. The first-order valence-electron chi connectivity index (χ1n) is 11.6. The van der Waals surface area contributed by atoms with E-state index in [2.05, 4.69) is 0 Å². The lowest BCUT2D eigenvalue weighted by Gasteiger charge is -2.41. The predicted molar refractivity (Wildman–Crippen MR) is 137 cm³/mol. The SMILES string of the molecule is CCOc1ccc(N2C(=O)CN(c3ccc(C)c(C)c3)C(=O)[C@@H]2/C(C)=C/c2ccccc2)cc1. The highest BCUT2D eigenvalue weighted by Gasteiger charge is 2.41. The summed E-state index contributed by atoms with van der Waals surface area (Å²) >= 11 is 0. The Balaban J connectivity index is 1.77. The van der Waals surface area contributed by atoms with Crippen molar-refractivity contribution >= 4 is 29.3 Å². The Morgan fingerprint density at radius 3 is 2.26 bits per heavy atom. The summed E-state index contributed by atoms with van der Waals surface area (Å²) in [5, 5.41) is 0. The summed E-state index contributed by atoms with van der Waals surface area (Å²) in [6, 6.07) is 22.3. The highest BCUT2D eigenvalue weighted by molar-refractivity contribution is 6.16. The fraction of sp³-hybridized carbons (Fsp3) is 0.241. The minimum absolute atomic E-state index is 0.0103. The zero-order chi connectivity index (χ0) is 24.2. The minimum atomic E-state index is -0.749. The number of aryl methyl sites for hydroxylation is 2. The monoisotopic (exact) mass is 454 g/mol. The lowest BCUT2D eigenvalue weighted by Crippen LogP contribution is -2.61. The van der Waals surface area contributed by atoms with E-state index in [-0.39, 0.29) is 18.4 Å². The van der Waals surface area contributed by atoms with Crippen LogP contribution < -0.4 is 14.5 Å². The molecule has 0 unspecified atom stereocenters. The molecule has 0 bridgehead atoms. The smallest absolute Gasteiger partial charge is 0.254 e. The van der Waals surface area contributed by atoms with Gasteiger partial charge in [-0.1, -0.05) is 42.5 Å². The van der Waals surface area contributed by atoms with Crippen molar-refractivity contribution in [3.8, 4) is 5.75 Å². The number of rotatable bonds is 6. The molecule has 1 heterocycles. The highest BCUT2D eigenvalue weighted by atomic mass is 16.5. The first-order chi connectivity index (χ1) is 16.4. The van der Waals surface area contributed by atoms with Gasteiger partial charge >= 0.3 is 0 Å². The summed E-state index contributed by atoms with van der Waals surface area (Å²) in [5.41, 5.74) is 5.42. The van der Waals surface area contributed by atoms with Crippen LogP contribution in [0, 0.1) is 13.8 Å². The van der Waals surface area contributed by atoms with Gasteiger partial charge < -0.3 is 9.64 Å². The van der Waals surface area contributed by atoms with Crippen molar-refractivity contribution in [2.24, 2.45) is 0 Å². The van der Waals surface area contributed by atoms with Crippen molar-refractivity contribution in [1.29, 1.82) is 0 Å². The Kier molecular flexibility index (Phi) is 6.82. The fourth-order valence-corrected chi connectivity index (χ4v) is 4.26. The van der Waals surface area contributed by atoms with Gasteiger partial charge in [0.05, 0.1) is 6.61 Å². The zero-order valence-corrected chi connectivity index (χ0v) is 20.1. The topological polar surface area (TPSA) is 49.9 Å². The van der Waals surface area contributed by atoms with Gasteiger partial charge in [0.1, 0.15) is 18.3 Å². The Morgan fingerprint density at radius 1 is 0.941 bits per heavy atom. The summed E-state index contributed by atoms with van der Waals surface area (Å²) in [4.78, 5) is 30.7. The summed E-state index contributed by atoms with van der Waals surface area (Å²) < 4.78 is 5.56. The van der Waals surface area contributed by atoms with Gasteiger partial charge in [0.2, 0.25) is 5.91 Å². The van der Waals surface area contributed by atoms with Gasteiger partial charge in [-0.3, -0.25) is 14.5 Å². The van der Waals surface area contributed by atoms with Gasteiger partial charge in [-0.2, -0.15) is 0 Å².